The highest BCUT2D eigenvalue weighted by molar-refractivity contribution is 6.05. The zero-order valence-electron chi connectivity index (χ0n) is 16.1. The predicted octanol–water partition coefficient (Wildman–Crippen LogP) is 4.41. The number of nitriles is 1. The second kappa shape index (κ2) is 9.29. The largest absolute Gasteiger partial charge is 0.497 e. The van der Waals surface area contributed by atoms with Gasteiger partial charge < -0.3 is 19.5 Å². The Morgan fingerprint density at radius 1 is 0.966 bits per heavy atom. The lowest BCUT2D eigenvalue weighted by Gasteiger charge is -2.12. The van der Waals surface area contributed by atoms with Gasteiger partial charge in [-0.1, -0.05) is 24.3 Å². The lowest BCUT2D eigenvalue weighted by Crippen LogP contribution is -2.13. The zero-order valence-corrected chi connectivity index (χ0v) is 16.1. The maximum atomic E-state index is 12.7. The van der Waals surface area contributed by atoms with Crippen molar-refractivity contribution >= 4 is 11.6 Å². The lowest BCUT2D eigenvalue weighted by atomic mass is 10.1. The number of amides is 1. The van der Waals surface area contributed by atoms with E-state index in [0.717, 1.165) is 5.56 Å². The van der Waals surface area contributed by atoms with Crippen LogP contribution < -0.4 is 19.5 Å². The molecule has 0 spiro atoms. The van der Waals surface area contributed by atoms with Gasteiger partial charge in [0.25, 0.3) is 5.91 Å². The van der Waals surface area contributed by atoms with Crippen molar-refractivity contribution in [2.24, 2.45) is 0 Å². The monoisotopic (exact) mass is 388 g/mol. The molecule has 6 heteroatoms. The van der Waals surface area contributed by atoms with E-state index in [1.165, 1.54) is 7.11 Å². The third kappa shape index (κ3) is 4.85. The molecule has 0 aromatic heterocycles. The summed E-state index contributed by atoms with van der Waals surface area (Å²) in [7, 11) is 3.09. The van der Waals surface area contributed by atoms with Gasteiger partial charge in [-0.05, 0) is 36.4 Å². The summed E-state index contributed by atoms with van der Waals surface area (Å²) in [5, 5.41) is 12.0. The molecule has 0 saturated carbocycles. The SMILES string of the molecule is COc1ccc(OC)c(NC(=O)c2cccc(OCc3ccccc3C#N)c2)c1. The molecule has 0 atom stereocenters. The molecule has 29 heavy (non-hydrogen) atoms. The van der Waals surface area contributed by atoms with Gasteiger partial charge in [0.05, 0.1) is 31.5 Å². The summed E-state index contributed by atoms with van der Waals surface area (Å²) in [6.45, 7) is 0.235. The van der Waals surface area contributed by atoms with E-state index in [4.69, 9.17) is 14.2 Å². The smallest absolute Gasteiger partial charge is 0.255 e. The molecule has 0 aliphatic heterocycles. The van der Waals surface area contributed by atoms with Crippen LogP contribution in [0.1, 0.15) is 21.5 Å². The number of methoxy groups -OCH3 is 2. The molecule has 3 aromatic carbocycles. The molecule has 0 fully saturated rings. The fourth-order valence-electron chi connectivity index (χ4n) is 2.75. The Labute approximate surface area is 169 Å². The predicted molar refractivity (Wildman–Crippen MR) is 109 cm³/mol. The molecule has 3 aromatic rings. The summed E-state index contributed by atoms with van der Waals surface area (Å²) in [6.07, 6.45) is 0. The van der Waals surface area contributed by atoms with Gasteiger partial charge in [0, 0.05) is 17.2 Å². The molecule has 1 amide bonds. The van der Waals surface area contributed by atoms with Gasteiger partial charge in [0.15, 0.2) is 0 Å². The van der Waals surface area contributed by atoms with Crippen LogP contribution in [0.15, 0.2) is 66.7 Å². The van der Waals surface area contributed by atoms with Gasteiger partial charge >= 0.3 is 0 Å². The number of ether oxygens (including phenoxy) is 3. The first-order valence-corrected chi connectivity index (χ1v) is 8.89. The number of rotatable bonds is 7. The minimum atomic E-state index is -0.306. The number of carbonyl (C=O) groups excluding carboxylic acids is 1. The van der Waals surface area contributed by atoms with Crippen molar-refractivity contribution in [3.63, 3.8) is 0 Å². The topological polar surface area (TPSA) is 80.6 Å². The van der Waals surface area contributed by atoms with Gasteiger partial charge in [-0.2, -0.15) is 5.26 Å². The van der Waals surface area contributed by atoms with Crippen LogP contribution in [0, 0.1) is 11.3 Å². The van der Waals surface area contributed by atoms with Crippen LogP contribution in [-0.2, 0) is 6.61 Å². The van der Waals surface area contributed by atoms with Crippen LogP contribution in [-0.4, -0.2) is 20.1 Å². The van der Waals surface area contributed by atoms with Gasteiger partial charge in [0.1, 0.15) is 23.9 Å². The fourth-order valence-corrected chi connectivity index (χ4v) is 2.75. The average molecular weight is 388 g/mol. The van der Waals surface area contributed by atoms with E-state index in [1.54, 1.807) is 61.7 Å². The average Bonchev–Trinajstić information content (AvgIpc) is 2.77. The van der Waals surface area contributed by atoms with E-state index in [0.29, 0.717) is 34.1 Å². The Morgan fingerprint density at radius 3 is 2.55 bits per heavy atom. The first-order valence-electron chi connectivity index (χ1n) is 8.89. The molecule has 0 heterocycles. The number of hydrogen-bond acceptors (Lipinski definition) is 5. The van der Waals surface area contributed by atoms with E-state index in [2.05, 4.69) is 11.4 Å². The van der Waals surface area contributed by atoms with Crippen molar-refractivity contribution in [3.05, 3.63) is 83.4 Å². The van der Waals surface area contributed by atoms with Crippen LogP contribution >= 0.6 is 0 Å². The van der Waals surface area contributed by atoms with Gasteiger partial charge in [-0.25, -0.2) is 0 Å². The fraction of sp³-hybridized carbons (Fsp3) is 0.130. The third-order valence-electron chi connectivity index (χ3n) is 4.28. The molecular formula is C23H20N2O4. The van der Waals surface area contributed by atoms with E-state index < -0.39 is 0 Å². The van der Waals surface area contributed by atoms with Crippen molar-refractivity contribution in [1.82, 2.24) is 0 Å². The molecule has 0 aliphatic carbocycles. The Morgan fingerprint density at radius 2 is 1.79 bits per heavy atom. The van der Waals surface area contributed by atoms with E-state index in [9.17, 15) is 10.1 Å². The molecule has 3 rings (SSSR count). The van der Waals surface area contributed by atoms with Crippen LogP contribution in [0.25, 0.3) is 0 Å². The highest BCUT2D eigenvalue weighted by atomic mass is 16.5. The lowest BCUT2D eigenvalue weighted by molar-refractivity contribution is 0.102. The first kappa shape index (κ1) is 19.8. The number of hydrogen-bond donors (Lipinski definition) is 1. The quantitative estimate of drug-likeness (QED) is 0.649. The summed E-state index contributed by atoms with van der Waals surface area (Å²) < 4.78 is 16.3. The maximum absolute atomic E-state index is 12.7. The van der Waals surface area contributed by atoms with E-state index in [-0.39, 0.29) is 12.5 Å². The molecule has 0 aliphatic rings. The van der Waals surface area contributed by atoms with Crippen molar-refractivity contribution < 1.29 is 19.0 Å². The number of nitrogens with zero attached hydrogens (tertiary/aromatic N) is 1. The number of nitrogens with one attached hydrogen (secondary N) is 1. The minimum absolute atomic E-state index is 0.235. The first-order chi connectivity index (χ1) is 14.1. The maximum Gasteiger partial charge on any atom is 0.255 e. The van der Waals surface area contributed by atoms with Crippen LogP contribution in [0.5, 0.6) is 17.2 Å². The Bertz CT molecular complexity index is 1060. The molecule has 6 nitrogen and oxygen atoms in total. The number of carbonyl (C=O) groups is 1. The molecule has 0 saturated heterocycles. The summed E-state index contributed by atoms with van der Waals surface area (Å²) in [5.74, 6) is 1.36. The molecule has 0 radical (unpaired) electrons. The Hall–Kier alpha value is -3.98. The van der Waals surface area contributed by atoms with Crippen molar-refractivity contribution in [1.29, 1.82) is 5.26 Å². The minimum Gasteiger partial charge on any atom is -0.497 e. The third-order valence-corrected chi connectivity index (χ3v) is 4.28. The van der Waals surface area contributed by atoms with Crippen LogP contribution in [0.4, 0.5) is 5.69 Å². The van der Waals surface area contributed by atoms with E-state index in [1.807, 2.05) is 12.1 Å². The summed E-state index contributed by atoms with van der Waals surface area (Å²) in [4.78, 5) is 12.7. The van der Waals surface area contributed by atoms with E-state index >= 15 is 0 Å². The standard InChI is InChI=1S/C23H20N2O4/c1-27-19-10-11-22(28-2)21(13-19)25-23(26)16-8-5-9-20(12-16)29-15-18-7-4-3-6-17(18)14-24/h3-13H,15H2,1-2H3,(H,25,26). The molecule has 1 N–H and O–H groups in total. The van der Waals surface area contributed by atoms with Crippen molar-refractivity contribution in [3.8, 4) is 23.3 Å². The molecule has 0 unspecified atom stereocenters. The Balaban J connectivity index is 1.74. The number of benzene rings is 3. The van der Waals surface area contributed by atoms with Crippen LogP contribution in [0.2, 0.25) is 0 Å². The molecule has 0 bridgehead atoms. The highest BCUT2D eigenvalue weighted by Crippen LogP contribution is 2.29. The van der Waals surface area contributed by atoms with Crippen molar-refractivity contribution in [2.45, 2.75) is 6.61 Å². The van der Waals surface area contributed by atoms with Gasteiger partial charge in [-0.3, -0.25) is 4.79 Å². The van der Waals surface area contributed by atoms with Gasteiger partial charge in [0.2, 0.25) is 0 Å². The highest BCUT2D eigenvalue weighted by Gasteiger charge is 2.12. The Kier molecular flexibility index (Phi) is 6.33. The summed E-state index contributed by atoms with van der Waals surface area (Å²) in [5.41, 5.74) is 2.28. The summed E-state index contributed by atoms with van der Waals surface area (Å²) in [6, 6.07) is 21.4. The van der Waals surface area contributed by atoms with Crippen LogP contribution in [0.3, 0.4) is 0 Å². The second-order valence-corrected chi connectivity index (χ2v) is 6.11. The zero-order chi connectivity index (χ0) is 20.6. The van der Waals surface area contributed by atoms with Crippen molar-refractivity contribution in [2.75, 3.05) is 19.5 Å². The normalized spacial score (nSPS) is 9.97. The molecule has 146 valence electrons. The second-order valence-electron chi connectivity index (χ2n) is 6.11. The summed E-state index contributed by atoms with van der Waals surface area (Å²) >= 11 is 0. The van der Waals surface area contributed by atoms with Gasteiger partial charge in [-0.15, -0.1) is 0 Å². The number of anilines is 1. The molecular weight excluding hydrogens is 368 g/mol.